The van der Waals surface area contributed by atoms with Crippen LogP contribution in [0.4, 0.5) is 19.3 Å². The largest absolute Gasteiger partial charge is 0.435 e. The number of urea groups is 1. The van der Waals surface area contributed by atoms with Gasteiger partial charge in [0.25, 0.3) is 0 Å². The van der Waals surface area contributed by atoms with Crippen LogP contribution in [0.25, 0.3) is 0 Å². The highest BCUT2D eigenvalue weighted by Crippen LogP contribution is 2.17. The molecule has 0 aliphatic rings. The Hall–Kier alpha value is -1.63. The summed E-state index contributed by atoms with van der Waals surface area (Å²) >= 11 is 3.10. The first-order chi connectivity index (χ1) is 8.47. The highest BCUT2D eigenvalue weighted by atomic mass is 79.9. The van der Waals surface area contributed by atoms with Crippen LogP contribution in [0.2, 0.25) is 0 Å². The van der Waals surface area contributed by atoms with Gasteiger partial charge in [0.15, 0.2) is 0 Å². The van der Waals surface area contributed by atoms with E-state index in [2.05, 4.69) is 37.9 Å². The van der Waals surface area contributed by atoms with Gasteiger partial charge in [-0.3, -0.25) is 0 Å². The molecule has 0 bridgehead atoms. The molecule has 1 aromatic rings. The number of benzene rings is 1. The fourth-order valence-electron chi connectivity index (χ4n) is 1.07. The summed E-state index contributed by atoms with van der Waals surface area (Å²) in [5.41, 5.74) is 0.467. The van der Waals surface area contributed by atoms with Crippen molar-refractivity contribution >= 4 is 27.6 Å². The molecule has 98 valence electrons. The first-order valence-electron chi connectivity index (χ1n) is 4.90. The molecule has 0 radical (unpaired) electrons. The van der Waals surface area contributed by atoms with E-state index in [1.54, 1.807) is 0 Å². The van der Waals surface area contributed by atoms with Gasteiger partial charge in [-0.05, 0) is 24.3 Å². The first-order valence-corrected chi connectivity index (χ1v) is 5.69. The molecular formula is C11H11BrF2N2O2. The molecule has 0 aromatic heterocycles. The molecule has 7 heteroatoms. The predicted octanol–water partition coefficient (Wildman–Crippen LogP) is 3.32. The molecule has 1 aromatic carbocycles. The van der Waals surface area contributed by atoms with Crippen LogP contribution in [0.3, 0.4) is 0 Å². The Labute approximate surface area is 111 Å². The molecule has 2 N–H and O–H groups in total. The van der Waals surface area contributed by atoms with Crippen LogP contribution in [0.5, 0.6) is 5.75 Å². The van der Waals surface area contributed by atoms with Crippen molar-refractivity contribution in [1.29, 1.82) is 0 Å². The molecule has 0 heterocycles. The number of nitrogens with one attached hydrogen (secondary N) is 2. The smallest absolute Gasteiger partial charge is 0.387 e. The number of carbonyl (C=O) groups excluding carboxylic acids is 1. The maximum absolute atomic E-state index is 11.9. The summed E-state index contributed by atoms with van der Waals surface area (Å²) in [6.07, 6.45) is 0. The molecule has 0 fully saturated rings. The minimum absolute atomic E-state index is 0.0322. The summed E-state index contributed by atoms with van der Waals surface area (Å²) in [7, 11) is 0. The Balaban J connectivity index is 2.48. The normalized spacial score (nSPS) is 10.0. The SMILES string of the molecule is C=C(Br)CNC(=O)Nc1ccc(OC(F)F)cc1. The quantitative estimate of drug-likeness (QED) is 0.874. The van der Waals surface area contributed by atoms with Crippen molar-refractivity contribution in [1.82, 2.24) is 5.32 Å². The Bertz CT molecular complexity index is 424. The number of amides is 2. The second-order valence-corrected chi connectivity index (χ2v) is 4.35. The average molecular weight is 321 g/mol. The molecule has 0 spiro atoms. The van der Waals surface area contributed by atoms with Crippen molar-refractivity contribution in [3.63, 3.8) is 0 Å². The minimum Gasteiger partial charge on any atom is -0.435 e. The molecule has 0 saturated carbocycles. The maximum atomic E-state index is 11.9. The molecule has 0 aliphatic carbocycles. The Morgan fingerprint density at radius 1 is 1.39 bits per heavy atom. The van der Waals surface area contributed by atoms with E-state index in [1.165, 1.54) is 24.3 Å². The van der Waals surface area contributed by atoms with Gasteiger partial charge in [-0.1, -0.05) is 22.5 Å². The minimum atomic E-state index is -2.86. The van der Waals surface area contributed by atoms with Crippen LogP contribution >= 0.6 is 15.9 Å². The summed E-state index contributed by atoms with van der Waals surface area (Å²) in [5.74, 6) is 0.0322. The molecule has 18 heavy (non-hydrogen) atoms. The van der Waals surface area contributed by atoms with Crippen LogP contribution in [0, 0.1) is 0 Å². The van der Waals surface area contributed by atoms with E-state index in [-0.39, 0.29) is 5.75 Å². The van der Waals surface area contributed by atoms with Crippen LogP contribution < -0.4 is 15.4 Å². The van der Waals surface area contributed by atoms with E-state index in [9.17, 15) is 13.6 Å². The third-order valence-electron chi connectivity index (χ3n) is 1.78. The van der Waals surface area contributed by atoms with Crippen molar-refractivity contribution in [2.45, 2.75) is 6.61 Å². The van der Waals surface area contributed by atoms with Gasteiger partial charge in [0.2, 0.25) is 0 Å². The van der Waals surface area contributed by atoms with Gasteiger partial charge in [0.1, 0.15) is 5.75 Å². The van der Waals surface area contributed by atoms with E-state index >= 15 is 0 Å². The van der Waals surface area contributed by atoms with E-state index in [0.717, 1.165) is 0 Å². The van der Waals surface area contributed by atoms with Crippen molar-refractivity contribution < 1.29 is 18.3 Å². The molecule has 0 atom stereocenters. The number of halogens is 3. The first kappa shape index (κ1) is 14.4. The maximum Gasteiger partial charge on any atom is 0.387 e. The summed E-state index contributed by atoms with van der Waals surface area (Å²) < 4.78 is 28.6. The van der Waals surface area contributed by atoms with Crippen molar-refractivity contribution in [3.8, 4) is 5.75 Å². The Morgan fingerprint density at radius 3 is 2.50 bits per heavy atom. The van der Waals surface area contributed by atoms with Gasteiger partial charge >= 0.3 is 12.6 Å². The van der Waals surface area contributed by atoms with E-state index in [4.69, 9.17) is 0 Å². The highest BCUT2D eigenvalue weighted by Gasteiger charge is 2.05. The van der Waals surface area contributed by atoms with Gasteiger partial charge in [-0.2, -0.15) is 8.78 Å². The van der Waals surface area contributed by atoms with Crippen molar-refractivity contribution in [3.05, 3.63) is 35.3 Å². The standard InChI is InChI=1S/C11H11BrF2N2O2/c1-7(12)6-15-11(17)16-8-2-4-9(5-3-8)18-10(13)14/h2-5,10H,1,6H2,(H2,15,16,17). The lowest BCUT2D eigenvalue weighted by Crippen LogP contribution is -2.29. The third-order valence-corrected chi connectivity index (χ3v) is 2.06. The molecule has 0 aliphatic heterocycles. The monoisotopic (exact) mass is 320 g/mol. The van der Waals surface area contributed by atoms with Gasteiger partial charge in [-0.15, -0.1) is 0 Å². The van der Waals surface area contributed by atoms with Gasteiger partial charge in [0.05, 0.1) is 6.54 Å². The highest BCUT2D eigenvalue weighted by molar-refractivity contribution is 9.11. The molecular weight excluding hydrogens is 310 g/mol. The topological polar surface area (TPSA) is 50.4 Å². The lowest BCUT2D eigenvalue weighted by atomic mass is 10.3. The van der Waals surface area contributed by atoms with Crippen molar-refractivity contribution in [2.24, 2.45) is 0 Å². The molecule has 0 saturated heterocycles. The number of carbonyl (C=O) groups is 1. The second-order valence-electron chi connectivity index (χ2n) is 3.23. The fourth-order valence-corrected chi connectivity index (χ4v) is 1.21. The molecule has 0 unspecified atom stereocenters. The number of rotatable bonds is 5. The molecule has 1 rings (SSSR count). The van der Waals surface area contributed by atoms with E-state index in [1.807, 2.05) is 0 Å². The fraction of sp³-hybridized carbons (Fsp3) is 0.182. The van der Waals surface area contributed by atoms with Crippen molar-refractivity contribution in [2.75, 3.05) is 11.9 Å². The average Bonchev–Trinajstić information content (AvgIpc) is 2.28. The van der Waals surface area contributed by atoms with Crippen LogP contribution in [-0.4, -0.2) is 19.2 Å². The second kappa shape index (κ2) is 6.95. The number of alkyl halides is 2. The van der Waals surface area contributed by atoms with E-state index in [0.29, 0.717) is 16.7 Å². The number of hydrogen-bond acceptors (Lipinski definition) is 2. The summed E-state index contributed by atoms with van der Waals surface area (Å²) in [6, 6.07) is 5.18. The zero-order valence-electron chi connectivity index (χ0n) is 9.25. The van der Waals surface area contributed by atoms with Gasteiger partial charge in [0, 0.05) is 10.2 Å². The van der Waals surface area contributed by atoms with Gasteiger partial charge in [-0.25, -0.2) is 4.79 Å². The van der Waals surface area contributed by atoms with Gasteiger partial charge < -0.3 is 15.4 Å². The lowest BCUT2D eigenvalue weighted by Gasteiger charge is -2.08. The number of anilines is 1. The number of hydrogen-bond donors (Lipinski definition) is 2. The number of ether oxygens (including phenoxy) is 1. The summed E-state index contributed by atoms with van der Waals surface area (Å²) in [6.45, 7) is 0.986. The van der Waals surface area contributed by atoms with Crippen LogP contribution in [0.1, 0.15) is 0 Å². The third kappa shape index (κ3) is 5.62. The zero-order chi connectivity index (χ0) is 13.5. The molecule has 2 amide bonds. The Kier molecular flexibility index (Phi) is 5.57. The van der Waals surface area contributed by atoms with Crippen LogP contribution in [-0.2, 0) is 0 Å². The van der Waals surface area contributed by atoms with E-state index < -0.39 is 12.6 Å². The van der Waals surface area contributed by atoms with Crippen LogP contribution in [0.15, 0.2) is 35.3 Å². The lowest BCUT2D eigenvalue weighted by molar-refractivity contribution is -0.0498. The Morgan fingerprint density at radius 2 is 2.00 bits per heavy atom. The summed E-state index contributed by atoms with van der Waals surface area (Å²) in [4.78, 5) is 11.3. The molecule has 4 nitrogen and oxygen atoms in total. The summed E-state index contributed by atoms with van der Waals surface area (Å²) in [5, 5.41) is 5.05. The predicted molar refractivity (Wildman–Crippen MR) is 68.2 cm³/mol. The zero-order valence-corrected chi connectivity index (χ0v) is 10.8.